The van der Waals surface area contributed by atoms with E-state index in [-0.39, 0.29) is 23.2 Å². The molecule has 0 saturated heterocycles. The van der Waals surface area contributed by atoms with Crippen LogP contribution in [-0.2, 0) is 19.4 Å². The van der Waals surface area contributed by atoms with E-state index in [2.05, 4.69) is 20.4 Å². The summed E-state index contributed by atoms with van der Waals surface area (Å²) >= 11 is 0. The van der Waals surface area contributed by atoms with E-state index in [1.54, 1.807) is 6.07 Å². The molecule has 0 aromatic carbocycles. The van der Waals surface area contributed by atoms with Gasteiger partial charge in [-0.05, 0) is 38.2 Å². The zero-order valence-corrected chi connectivity index (χ0v) is 13.7. The number of rotatable bonds is 4. The van der Waals surface area contributed by atoms with Crippen molar-refractivity contribution < 1.29 is 4.79 Å². The molecule has 0 radical (unpaired) electrons. The highest BCUT2D eigenvalue weighted by atomic mass is 16.2. The smallest absolute Gasteiger partial charge is 0.271 e. The van der Waals surface area contributed by atoms with Gasteiger partial charge in [0.15, 0.2) is 0 Å². The summed E-state index contributed by atoms with van der Waals surface area (Å²) in [6.45, 7) is 2.17. The second kappa shape index (κ2) is 7.33. The first-order chi connectivity index (χ1) is 11.6. The molecule has 24 heavy (non-hydrogen) atoms. The van der Waals surface area contributed by atoms with Crippen LogP contribution >= 0.6 is 0 Å². The van der Waals surface area contributed by atoms with Crippen LogP contribution in [0.25, 0.3) is 0 Å². The van der Waals surface area contributed by atoms with Crippen molar-refractivity contribution in [1.82, 2.24) is 25.1 Å². The second-order valence-corrected chi connectivity index (χ2v) is 6.16. The van der Waals surface area contributed by atoms with Gasteiger partial charge in [0.05, 0.1) is 18.4 Å². The lowest BCUT2D eigenvalue weighted by Gasteiger charge is -2.16. The summed E-state index contributed by atoms with van der Waals surface area (Å²) in [7, 11) is 0. The van der Waals surface area contributed by atoms with Crippen LogP contribution in [0.4, 0.5) is 0 Å². The van der Waals surface area contributed by atoms with Crippen molar-refractivity contribution in [2.75, 3.05) is 0 Å². The number of fused-ring (bicyclic) bond motifs is 1. The molecule has 7 nitrogen and oxygen atoms in total. The third-order valence-electron chi connectivity index (χ3n) is 4.14. The van der Waals surface area contributed by atoms with E-state index < -0.39 is 0 Å². The van der Waals surface area contributed by atoms with Crippen molar-refractivity contribution in [3.63, 3.8) is 0 Å². The molecule has 2 heterocycles. The van der Waals surface area contributed by atoms with Gasteiger partial charge < -0.3 is 5.32 Å². The molecule has 1 N–H and O–H groups in total. The quantitative estimate of drug-likeness (QED) is 0.850. The van der Waals surface area contributed by atoms with E-state index >= 15 is 0 Å². The van der Waals surface area contributed by atoms with Gasteiger partial charge in [-0.1, -0.05) is 6.42 Å². The Balaban J connectivity index is 1.70. The fraction of sp³-hybridized carbons (Fsp3) is 0.471. The average Bonchev–Trinajstić information content (AvgIpc) is 2.81. The number of aromatic nitrogens is 4. The number of carbonyl (C=O) groups excluding carboxylic acids is 1. The van der Waals surface area contributed by atoms with Crippen LogP contribution in [0.5, 0.6) is 0 Å². The number of hydrogen-bond donors (Lipinski definition) is 1. The lowest BCUT2D eigenvalue weighted by atomic mass is 10.1. The monoisotopic (exact) mass is 327 g/mol. The second-order valence-electron chi connectivity index (χ2n) is 6.16. The van der Waals surface area contributed by atoms with E-state index in [1.807, 2.05) is 6.92 Å². The fourth-order valence-electron chi connectivity index (χ4n) is 2.93. The Morgan fingerprint density at radius 2 is 2.12 bits per heavy atom. The third-order valence-corrected chi connectivity index (χ3v) is 4.14. The lowest BCUT2D eigenvalue weighted by molar-refractivity contribution is 0.0930. The van der Waals surface area contributed by atoms with Crippen LogP contribution in [0.15, 0.2) is 29.5 Å². The van der Waals surface area contributed by atoms with Crippen molar-refractivity contribution in [3.8, 4) is 0 Å². The Kier molecular flexibility index (Phi) is 4.98. The molecular weight excluding hydrogens is 306 g/mol. The van der Waals surface area contributed by atoms with Crippen LogP contribution in [0.3, 0.4) is 0 Å². The van der Waals surface area contributed by atoms with Gasteiger partial charge in [0.2, 0.25) is 0 Å². The highest BCUT2D eigenvalue weighted by Crippen LogP contribution is 2.16. The lowest BCUT2D eigenvalue weighted by Crippen LogP contribution is -2.39. The van der Waals surface area contributed by atoms with Crippen LogP contribution in [0, 0.1) is 0 Å². The van der Waals surface area contributed by atoms with Crippen LogP contribution < -0.4 is 10.9 Å². The number of aryl methyl sites for hydroxylation is 2. The van der Waals surface area contributed by atoms with E-state index in [0.29, 0.717) is 6.54 Å². The summed E-state index contributed by atoms with van der Waals surface area (Å²) in [4.78, 5) is 32.2. The Hall–Kier alpha value is -2.57. The highest BCUT2D eigenvalue weighted by molar-refractivity contribution is 5.92. The molecular formula is C17H21N5O2. The largest absolute Gasteiger partial charge is 0.346 e. The summed E-state index contributed by atoms with van der Waals surface area (Å²) < 4.78 is 1.45. The zero-order chi connectivity index (χ0) is 16.9. The first kappa shape index (κ1) is 16.3. The van der Waals surface area contributed by atoms with Crippen molar-refractivity contribution in [1.29, 1.82) is 0 Å². The summed E-state index contributed by atoms with van der Waals surface area (Å²) in [5.41, 5.74) is 2.23. The van der Waals surface area contributed by atoms with Gasteiger partial charge in [0.1, 0.15) is 5.69 Å². The number of amides is 1. The van der Waals surface area contributed by atoms with E-state index in [0.717, 1.165) is 36.9 Å². The Morgan fingerprint density at radius 1 is 1.29 bits per heavy atom. The third kappa shape index (κ3) is 3.84. The van der Waals surface area contributed by atoms with Gasteiger partial charge in [-0.2, -0.15) is 5.10 Å². The Bertz CT molecular complexity index is 772. The standard InChI is InChI=1S/C17H21N5O2/c1-12(20-17(24)15-10-18-7-8-19-15)11-22-16(23)9-13-5-3-2-4-6-14(13)21-22/h7-10,12H,2-6,11H2,1H3,(H,20,24)/t12-/m1/s1. The predicted octanol–water partition coefficient (Wildman–Crippen LogP) is 1.12. The van der Waals surface area contributed by atoms with Gasteiger partial charge in [0.25, 0.3) is 11.5 Å². The number of nitrogens with one attached hydrogen (secondary N) is 1. The first-order valence-electron chi connectivity index (χ1n) is 8.30. The van der Waals surface area contributed by atoms with Crippen molar-refractivity contribution in [2.24, 2.45) is 0 Å². The van der Waals surface area contributed by atoms with Gasteiger partial charge in [0, 0.05) is 24.5 Å². The van der Waals surface area contributed by atoms with Gasteiger partial charge in [-0.15, -0.1) is 0 Å². The molecule has 0 bridgehead atoms. The molecule has 1 amide bonds. The summed E-state index contributed by atoms with van der Waals surface area (Å²) in [5, 5.41) is 7.34. The van der Waals surface area contributed by atoms with Crippen molar-refractivity contribution in [3.05, 3.63) is 52.0 Å². The maximum absolute atomic E-state index is 12.3. The van der Waals surface area contributed by atoms with Gasteiger partial charge in [-0.25, -0.2) is 9.67 Å². The van der Waals surface area contributed by atoms with Crippen LogP contribution in [-0.4, -0.2) is 31.7 Å². The summed E-state index contributed by atoms with van der Waals surface area (Å²) in [6, 6.07) is 1.46. The molecule has 3 rings (SSSR count). The normalized spacial score (nSPS) is 15.2. The fourth-order valence-corrected chi connectivity index (χ4v) is 2.93. The minimum absolute atomic E-state index is 0.115. The van der Waals surface area contributed by atoms with E-state index in [4.69, 9.17) is 0 Å². The van der Waals surface area contributed by atoms with Crippen LogP contribution in [0.2, 0.25) is 0 Å². The molecule has 0 aliphatic heterocycles. The van der Waals surface area contributed by atoms with Crippen molar-refractivity contribution >= 4 is 5.91 Å². The molecule has 1 aliphatic rings. The van der Waals surface area contributed by atoms with Gasteiger partial charge in [-0.3, -0.25) is 14.6 Å². The van der Waals surface area contributed by atoms with Gasteiger partial charge >= 0.3 is 0 Å². The summed E-state index contributed by atoms with van der Waals surface area (Å²) in [6.07, 6.45) is 9.63. The molecule has 0 fully saturated rings. The predicted molar refractivity (Wildman–Crippen MR) is 88.7 cm³/mol. The first-order valence-corrected chi connectivity index (χ1v) is 8.30. The maximum Gasteiger partial charge on any atom is 0.271 e. The molecule has 1 atom stereocenters. The van der Waals surface area contributed by atoms with Crippen LogP contribution in [0.1, 0.15) is 47.9 Å². The maximum atomic E-state index is 12.3. The molecule has 0 spiro atoms. The Morgan fingerprint density at radius 3 is 2.92 bits per heavy atom. The average molecular weight is 327 g/mol. The minimum atomic E-state index is -0.307. The summed E-state index contributed by atoms with van der Waals surface area (Å²) in [5.74, 6) is -0.307. The minimum Gasteiger partial charge on any atom is -0.346 e. The highest BCUT2D eigenvalue weighted by Gasteiger charge is 2.15. The number of nitrogens with zero attached hydrogens (tertiary/aromatic N) is 4. The van der Waals surface area contributed by atoms with Crippen molar-refractivity contribution in [2.45, 2.75) is 51.6 Å². The topological polar surface area (TPSA) is 89.8 Å². The van der Waals surface area contributed by atoms with E-state index in [9.17, 15) is 9.59 Å². The van der Waals surface area contributed by atoms with E-state index in [1.165, 1.54) is 29.7 Å². The zero-order valence-electron chi connectivity index (χ0n) is 13.7. The number of hydrogen-bond acceptors (Lipinski definition) is 5. The molecule has 126 valence electrons. The number of carbonyl (C=O) groups is 1. The SMILES string of the molecule is C[C@H](Cn1nc2c(cc1=O)CCCCC2)NC(=O)c1cnccn1. The molecule has 7 heteroatoms. The molecule has 0 saturated carbocycles. The molecule has 2 aromatic rings. The molecule has 0 unspecified atom stereocenters. The molecule has 1 aliphatic carbocycles. The molecule has 2 aromatic heterocycles. The Labute approximate surface area is 140 Å².